The minimum Gasteiger partial charge on any atom is -0.478 e. The second-order valence-corrected chi connectivity index (χ2v) is 6.59. The predicted octanol–water partition coefficient (Wildman–Crippen LogP) is 5.60. The van der Waals surface area contributed by atoms with E-state index in [0.29, 0.717) is 0 Å². The molecule has 0 aromatic rings. The van der Waals surface area contributed by atoms with Gasteiger partial charge in [-0.1, -0.05) is 55.3 Å². The molecule has 0 aromatic heterocycles. The first-order valence-corrected chi connectivity index (χ1v) is 7.70. The lowest BCUT2D eigenvalue weighted by Gasteiger charge is -2.32. The van der Waals surface area contributed by atoms with Gasteiger partial charge in [0.15, 0.2) is 0 Å². The highest BCUT2D eigenvalue weighted by atomic mass is 16.4. The Labute approximate surface area is 137 Å². The van der Waals surface area contributed by atoms with E-state index in [1.165, 1.54) is 30.9 Å². The normalized spacial score (nSPS) is 22.4. The molecule has 0 fully saturated rings. The highest BCUT2D eigenvalue weighted by molar-refractivity contribution is 5.81. The van der Waals surface area contributed by atoms with Crippen molar-refractivity contribution in [2.75, 3.05) is 0 Å². The summed E-state index contributed by atoms with van der Waals surface area (Å²) in [6, 6.07) is -0.0562. The Morgan fingerprint density at radius 1 is 1.32 bits per heavy atom. The third kappa shape index (κ3) is 5.88. The summed E-state index contributed by atoms with van der Waals surface area (Å²) in [4.78, 5) is 10.7. The number of carboxylic acid groups (broad SMARTS) is 1. The zero-order valence-electron chi connectivity index (χ0n) is 16.3. The van der Waals surface area contributed by atoms with Crippen LogP contribution in [0.25, 0.3) is 0 Å². The van der Waals surface area contributed by atoms with Gasteiger partial charge in [-0.05, 0) is 56.6 Å². The third-order valence-electron chi connectivity index (χ3n) is 3.96. The van der Waals surface area contributed by atoms with Crippen LogP contribution in [-0.2, 0) is 4.79 Å². The van der Waals surface area contributed by atoms with Crippen LogP contribution in [0.2, 0.25) is 0 Å². The lowest BCUT2D eigenvalue weighted by atomic mass is 9.72. The fourth-order valence-corrected chi connectivity index (χ4v) is 2.76. The molecule has 0 unspecified atom stereocenters. The van der Waals surface area contributed by atoms with Crippen molar-refractivity contribution in [3.8, 4) is 0 Å². The summed E-state index contributed by atoms with van der Waals surface area (Å²) in [5.74, 6) is -1.10. The number of hydrogen-bond acceptors (Lipinski definition) is 1. The van der Waals surface area contributed by atoms with E-state index in [-0.39, 0.29) is 23.1 Å². The zero-order valence-corrected chi connectivity index (χ0v) is 14.3. The van der Waals surface area contributed by atoms with Crippen LogP contribution in [0, 0.1) is 5.41 Å². The van der Waals surface area contributed by atoms with E-state index >= 15 is 0 Å². The van der Waals surface area contributed by atoms with Gasteiger partial charge in [0.25, 0.3) is 0 Å². The van der Waals surface area contributed by atoms with Crippen molar-refractivity contribution in [1.82, 2.24) is 0 Å². The Morgan fingerprint density at radius 3 is 2.59 bits per heavy atom. The zero-order chi connectivity index (χ0) is 18.5. The second kappa shape index (κ2) is 7.98. The number of carboxylic acids is 1. The molecule has 1 aliphatic carbocycles. The van der Waals surface area contributed by atoms with Crippen LogP contribution in [0.15, 0.2) is 58.7 Å². The van der Waals surface area contributed by atoms with Gasteiger partial charge in [-0.2, -0.15) is 0 Å². The molecule has 2 heteroatoms. The van der Waals surface area contributed by atoms with Crippen molar-refractivity contribution in [3.05, 3.63) is 58.7 Å². The monoisotopic (exact) mass is 304 g/mol. The Morgan fingerprint density at radius 2 is 2.00 bits per heavy atom. The van der Waals surface area contributed by atoms with Gasteiger partial charge in [0, 0.05) is 6.08 Å². The van der Waals surface area contributed by atoms with Crippen LogP contribution in [0.4, 0.5) is 0 Å². The van der Waals surface area contributed by atoms with Gasteiger partial charge in [0.2, 0.25) is 0 Å². The van der Waals surface area contributed by atoms with Gasteiger partial charge < -0.3 is 5.11 Å². The average molecular weight is 304 g/mol. The lowest BCUT2D eigenvalue weighted by molar-refractivity contribution is -0.131. The van der Waals surface area contributed by atoms with E-state index in [1.807, 2.05) is 13.0 Å². The Kier molecular flexibility index (Phi) is 5.47. The molecule has 0 atom stereocenters. The summed E-state index contributed by atoms with van der Waals surface area (Å²) >= 11 is 0. The predicted molar refractivity (Wildman–Crippen MR) is 93.8 cm³/mol. The van der Waals surface area contributed by atoms with E-state index in [1.54, 1.807) is 6.08 Å². The molecule has 1 rings (SSSR count). The Balaban J connectivity index is 3.04. The Bertz CT molecular complexity index is 659. The molecule has 0 saturated heterocycles. The maximum Gasteiger partial charge on any atom is 0.328 e. The first-order chi connectivity index (χ1) is 11.0. The van der Waals surface area contributed by atoms with Gasteiger partial charge in [-0.25, -0.2) is 4.79 Å². The van der Waals surface area contributed by atoms with Gasteiger partial charge in [-0.3, -0.25) is 0 Å². The van der Waals surface area contributed by atoms with E-state index in [2.05, 4.69) is 26.8 Å². The Hall–Kier alpha value is -1.83. The highest BCUT2D eigenvalue weighted by Crippen LogP contribution is 2.40. The molecule has 0 radical (unpaired) electrons. The number of aliphatic carboxylic acids is 1. The summed E-state index contributed by atoms with van der Waals surface area (Å²) in [6.07, 6.45) is 10.2. The van der Waals surface area contributed by atoms with E-state index in [9.17, 15) is 4.79 Å². The molecule has 0 aliphatic heterocycles. The van der Waals surface area contributed by atoms with Gasteiger partial charge >= 0.3 is 5.97 Å². The van der Waals surface area contributed by atoms with Crippen molar-refractivity contribution in [3.63, 3.8) is 0 Å². The molecule has 1 aliphatic rings. The smallest absolute Gasteiger partial charge is 0.328 e. The summed E-state index contributed by atoms with van der Waals surface area (Å²) in [5, 5.41) is 8.72. The molecule has 1 N–H and O–H groups in total. The van der Waals surface area contributed by atoms with Crippen LogP contribution in [0.5, 0.6) is 0 Å². The fraction of sp³-hybridized carbons (Fsp3) is 0.450. The standard InChI is InChI=1S/C20H28O2/c1-15(8-6-9-16(2)14-19(21)22)11-12-18-17(3)10-7-13-20(18,4)5/h6,8-9,11-12,14H,7,10,13H2,1-5H3,(H,21,22)/b9-6-,12-11+,15-8-,16-14-/i6T,9T. The molecule has 0 amide bonds. The van der Waals surface area contributed by atoms with Crippen molar-refractivity contribution in [2.24, 2.45) is 5.41 Å². The largest absolute Gasteiger partial charge is 0.478 e. The number of carbonyl (C=O) groups is 1. The highest BCUT2D eigenvalue weighted by Gasteiger charge is 2.26. The topological polar surface area (TPSA) is 37.3 Å². The van der Waals surface area contributed by atoms with Crippen LogP contribution in [0.3, 0.4) is 0 Å². The molecule has 0 saturated carbocycles. The van der Waals surface area contributed by atoms with Crippen molar-refractivity contribution in [1.29, 1.82) is 0 Å². The minimum absolute atomic E-state index is 0.0146. The molecular weight excluding hydrogens is 272 g/mol. The first-order valence-electron chi connectivity index (χ1n) is 8.70. The minimum atomic E-state index is -1.10. The maximum atomic E-state index is 10.7. The van der Waals surface area contributed by atoms with Crippen LogP contribution < -0.4 is 0 Å². The van der Waals surface area contributed by atoms with Gasteiger partial charge in [0.05, 0.1) is 2.74 Å². The number of hydrogen-bond donors (Lipinski definition) is 1. The SMILES string of the molecule is [3H]C(/C=C(C)\C=C\C1=C(C)CCCC1(C)C)=C([3H])/C(C)=C\C(=O)O. The van der Waals surface area contributed by atoms with E-state index in [4.69, 9.17) is 7.85 Å². The molecule has 22 heavy (non-hydrogen) atoms. The van der Waals surface area contributed by atoms with E-state index < -0.39 is 5.97 Å². The first kappa shape index (κ1) is 15.1. The van der Waals surface area contributed by atoms with Crippen LogP contribution in [-0.4, -0.2) is 11.1 Å². The third-order valence-corrected chi connectivity index (χ3v) is 3.96. The van der Waals surface area contributed by atoms with Crippen molar-refractivity contribution < 1.29 is 12.6 Å². The van der Waals surface area contributed by atoms with Crippen molar-refractivity contribution in [2.45, 2.75) is 53.9 Å². The van der Waals surface area contributed by atoms with E-state index in [0.717, 1.165) is 18.1 Å². The summed E-state index contributed by atoms with van der Waals surface area (Å²) < 4.78 is 15.8. The quantitative estimate of drug-likeness (QED) is 0.530. The molecule has 0 bridgehead atoms. The second-order valence-electron chi connectivity index (χ2n) is 6.59. The molecule has 0 heterocycles. The molecule has 0 aromatic carbocycles. The summed E-state index contributed by atoms with van der Waals surface area (Å²) in [6.45, 7) is 10.1. The number of rotatable bonds is 5. The lowest BCUT2D eigenvalue weighted by Crippen LogP contribution is -2.19. The number of allylic oxidation sites excluding steroid dienone is 9. The maximum absolute atomic E-state index is 10.7. The van der Waals surface area contributed by atoms with Gasteiger partial charge in [-0.15, -0.1) is 0 Å². The molecule has 120 valence electrons. The molecule has 2 nitrogen and oxygen atoms in total. The van der Waals surface area contributed by atoms with Gasteiger partial charge in [0.1, 0.15) is 0 Å². The van der Waals surface area contributed by atoms with Crippen molar-refractivity contribution >= 4 is 5.97 Å². The summed E-state index contributed by atoms with van der Waals surface area (Å²) in [7, 11) is 0. The molecule has 0 spiro atoms. The summed E-state index contributed by atoms with van der Waals surface area (Å²) in [5.41, 5.74) is 4.07. The fourth-order valence-electron chi connectivity index (χ4n) is 2.76. The average Bonchev–Trinajstić information content (AvgIpc) is 2.44. The molecular formula is C20H28O2. The van der Waals surface area contributed by atoms with Crippen LogP contribution in [0.1, 0.15) is 56.6 Å². The van der Waals surface area contributed by atoms with Crippen LogP contribution >= 0.6 is 0 Å².